The van der Waals surface area contributed by atoms with E-state index in [-0.39, 0.29) is 49.1 Å². The van der Waals surface area contributed by atoms with Crippen LogP contribution in [0, 0.1) is 6.92 Å². The number of aryl methyl sites for hydroxylation is 1. The van der Waals surface area contributed by atoms with Crippen molar-refractivity contribution in [1.29, 1.82) is 0 Å². The largest absolute Gasteiger partial charge is 0.513 e. The zero-order chi connectivity index (χ0) is 34.8. The number of rotatable bonds is 13. The lowest BCUT2D eigenvalue weighted by atomic mass is 10.1. The molecule has 13 nitrogen and oxygen atoms in total. The molecule has 256 valence electrons. The molecule has 0 unspecified atom stereocenters. The van der Waals surface area contributed by atoms with Crippen molar-refractivity contribution in [2.75, 3.05) is 26.4 Å². The molecule has 49 heavy (non-hydrogen) atoms. The predicted molar refractivity (Wildman–Crippen MR) is 169 cm³/mol. The lowest BCUT2D eigenvalue weighted by Gasteiger charge is -2.17. The van der Waals surface area contributed by atoms with E-state index in [1.807, 2.05) is 19.1 Å². The first-order valence-electron chi connectivity index (χ1n) is 15.5. The highest BCUT2D eigenvalue weighted by atomic mass is 16.7. The molecule has 2 aliphatic heterocycles. The number of benzene rings is 3. The Hall–Kier alpha value is -5.53. The van der Waals surface area contributed by atoms with Crippen molar-refractivity contribution in [3.05, 3.63) is 108 Å². The molecule has 5 rings (SSSR count). The van der Waals surface area contributed by atoms with E-state index in [1.165, 1.54) is 48.5 Å². The van der Waals surface area contributed by atoms with Crippen LogP contribution >= 0.6 is 0 Å². The van der Waals surface area contributed by atoms with Crippen LogP contribution in [0.3, 0.4) is 0 Å². The Labute approximate surface area is 281 Å². The van der Waals surface area contributed by atoms with Crippen LogP contribution in [0.5, 0.6) is 11.5 Å². The molecule has 13 heteroatoms. The molecule has 0 saturated carbocycles. The lowest BCUT2D eigenvalue weighted by Crippen LogP contribution is -2.36. The number of carbonyl (C=O) groups excluding carboxylic acids is 5. The molecule has 0 bridgehead atoms. The third kappa shape index (κ3) is 9.52. The second kappa shape index (κ2) is 16.5. The summed E-state index contributed by atoms with van der Waals surface area (Å²) < 4.78 is 43.1. The summed E-state index contributed by atoms with van der Waals surface area (Å²) in [6.45, 7) is 5.67. The van der Waals surface area contributed by atoms with E-state index in [0.717, 1.165) is 11.6 Å². The van der Waals surface area contributed by atoms with Crippen molar-refractivity contribution in [2.45, 2.75) is 44.2 Å². The van der Waals surface area contributed by atoms with Gasteiger partial charge in [0, 0.05) is 6.08 Å². The number of ether oxygens (including phenoxy) is 8. The van der Waals surface area contributed by atoms with Crippen LogP contribution in [-0.4, -0.2) is 80.9 Å². The molecule has 0 radical (unpaired) electrons. The van der Waals surface area contributed by atoms with Crippen molar-refractivity contribution in [1.82, 2.24) is 0 Å². The molecule has 2 aliphatic rings. The third-order valence-electron chi connectivity index (χ3n) is 7.53. The van der Waals surface area contributed by atoms with Gasteiger partial charge in [-0.25, -0.2) is 24.0 Å². The first kappa shape index (κ1) is 34.8. The fourth-order valence-electron chi connectivity index (χ4n) is 4.93. The zero-order valence-corrected chi connectivity index (χ0v) is 26.6. The number of esters is 4. The van der Waals surface area contributed by atoms with Crippen molar-refractivity contribution in [3.8, 4) is 11.5 Å². The minimum Gasteiger partial charge on any atom is -0.463 e. The fraction of sp³-hybridized carbons (Fsp3) is 0.306. The van der Waals surface area contributed by atoms with E-state index in [0.29, 0.717) is 18.4 Å². The Morgan fingerprint density at radius 1 is 0.653 bits per heavy atom. The van der Waals surface area contributed by atoms with E-state index in [1.54, 1.807) is 12.1 Å². The molecule has 0 amide bonds. The molecule has 2 saturated heterocycles. The Morgan fingerprint density at radius 3 is 1.61 bits per heavy atom. The van der Waals surface area contributed by atoms with E-state index in [2.05, 4.69) is 6.58 Å². The van der Waals surface area contributed by atoms with Crippen molar-refractivity contribution in [2.24, 2.45) is 0 Å². The summed E-state index contributed by atoms with van der Waals surface area (Å²) in [6.07, 6.45) is -1.38. The van der Waals surface area contributed by atoms with Gasteiger partial charge in [-0.2, -0.15) is 0 Å². The topological polar surface area (TPSA) is 159 Å². The maximum absolute atomic E-state index is 12.9. The standard InChI is InChI=1S/C36H34O13/c1-3-30(37)42-18-4-5-19-43-36(41)47-27-16-12-24(13-17-27)33(38)46-26-14-10-25(11-15-26)35(40)49-29-21-45-31-28(20-44-32(29)31)48-34(39)23-8-6-22(2)7-9-23/h3,6-17,28-29,31-32H,1,4-5,18-21H2,2H3/t28-,29+,31+,32+/m0/s1. The SMILES string of the molecule is C=CC(=O)OCCCCOC(=O)Oc1ccc(C(=O)Oc2ccc(C(=O)O[C@@H]3CO[C@H]4[C@@H]3OC[C@@H]4OC(=O)c3ccc(C)cc3)cc2)cc1. The molecule has 2 fully saturated rings. The van der Waals surface area contributed by atoms with Crippen LogP contribution in [0.2, 0.25) is 0 Å². The summed E-state index contributed by atoms with van der Waals surface area (Å²) in [5.74, 6) is -1.96. The highest BCUT2D eigenvalue weighted by Gasteiger charge is 2.51. The number of carbonyl (C=O) groups is 5. The molecule has 0 aliphatic carbocycles. The first-order chi connectivity index (χ1) is 23.7. The zero-order valence-electron chi connectivity index (χ0n) is 26.6. The molecular formula is C36H34O13. The normalized spacial score (nSPS) is 19.2. The summed E-state index contributed by atoms with van der Waals surface area (Å²) in [7, 11) is 0. The van der Waals surface area contributed by atoms with E-state index < -0.39 is 54.4 Å². The third-order valence-corrected chi connectivity index (χ3v) is 7.53. The van der Waals surface area contributed by atoms with Crippen molar-refractivity contribution >= 4 is 30.0 Å². The minimum atomic E-state index is -0.920. The smallest absolute Gasteiger partial charge is 0.463 e. The van der Waals surface area contributed by atoms with Crippen LogP contribution in [0.15, 0.2) is 85.5 Å². The Balaban J connectivity index is 1.03. The lowest BCUT2D eigenvalue weighted by molar-refractivity contribution is -0.137. The summed E-state index contributed by atoms with van der Waals surface area (Å²) in [4.78, 5) is 60.9. The van der Waals surface area contributed by atoms with Gasteiger partial charge in [-0.1, -0.05) is 24.3 Å². The summed E-state index contributed by atoms with van der Waals surface area (Å²) in [5, 5.41) is 0. The average Bonchev–Trinajstić information content (AvgIpc) is 3.69. The number of fused-ring (bicyclic) bond motifs is 1. The second-order valence-electron chi connectivity index (χ2n) is 11.1. The number of hydrogen-bond acceptors (Lipinski definition) is 13. The Morgan fingerprint density at radius 2 is 1.10 bits per heavy atom. The quantitative estimate of drug-likeness (QED) is 0.0609. The van der Waals surface area contributed by atoms with Gasteiger partial charge in [0.2, 0.25) is 0 Å². The highest BCUT2D eigenvalue weighted by Crippen LogP contribution is 2.31. The van der Waals surface area contributed by atoms with Crippen LogP contribution in [0.25, 0.3) is 0 Å². The van der Waals surface area contributed by atoms with Crippen LogP contribution in [-0.2, 0) is 33.2 Å². The summed E-state index contributed by atoms with van der Waals surface area (Å²) >= 11 is 0. The second-order valence-corrected chi connectivity index (χ2v) is 11.1. The molecule has 0 spiro atoms. The molecule has 2 heterocycles. The number of unbranched alkanes of at least 4 members (excludes halogenated alkanes) is 1. The van der Waals surface area contributed by atoms with Gasteiger partial charge in [0.25, 0.3) is 0 Å². The Kier molecular flexibility index (Phi) is 11.7. The molecule has 4 atom stereocenters. The number of hydrogen-bond donors (Lipinski definition) is 0. The van der Waals surface area contributed by atoms with E-state index >= 15 is 0 Å². The maximum atomic E-state index is 12.9. The van der Waals surface area contributed by atoms with Crippen molar-refractivity contribution < 1.29 is 61.9 Å². The first-order valence-corrected chi connectivity index (χ1v) is 15.5. The van der Waals surface area contributed by atoms with Crippen molar-refractivity contribution in [3.63, 3.8) is 0 Å². The highest BCUT2D eigenvalue weighted by molar-refractivity contribution is 5.92. The van der Waals surface area contributed by atoms with Crippen LogP contribution < -0.4 is 9.47 Å². The Bertz CT molecular complexity index is 1650. The molecule has 3 aromatic carbocycles. The average molecular weight is 675 g/mol. The van der Waals surface area contributed by atoms with E-state index in [9.17, 15) is 24.0 Å². The van der Waals surface area contributed by atoms with Gasteiger partial charge in [0.05, 0.1) is 43.1 Å². The van der Waals surface area contributed by atoms with Gasteiger partial charge in [0.1, 0.15) is 23.7 Å². The summed E-state index contributed by atoms with van der Waals surface area (Å²) in [5.41, 5.74) is 1.85. The van der Waals surface area contributed by atoms with Crippen LogP contribution in [0.4, 0.5) is 4.79 Å². The maximum Gasteiger partial charge on any atom is 0.513 e. The molecule has 3 aromatic rings. The minimum absolute atomic E-state index is 0.0736. The predicted octanol–water partition coefficient (Wildman–Crippen LogP) is 4.79. The molecule has 0 aromatic heterocycles. The fourth-order valence-corrected chi connectivity index (χ4v) is 4.93. The van der Waals surface area contributed by atoms with Gasteiger partial charge in [0.15, 0.2) is 12.2 Å². The van der Waals surface area contributed by atoms with Gasteiger partial charge in [-0.05, 0) is 80.4 Å². The van der Waals surface area contributed by atoms with Gasteiger partial charge in [-0.15, -0.1) is 0 Å². The van der Waals surface area contributed by atoms with Gasteiger partial charge in [-0.3, -0.25) is 0 Å². The monoisotopic (exact) mass is 674 g/mol. The van der Waals surface area contributed by atoms with Crippen LogP contribution in [0.1, 0.15) is 49.5 Å². The van der Waals surface area contributed by atoms with Gasteiger partial charge < -0.3 is 37.9 Å². The van der Waals surface area contributed by atoms with E-state index in [4.69, 9.17) is 37.9 Å². The van der Waals surface area contributed by atoms with Gasteiger partial charge >= 0.3 is 30.0 Å². The molecular weight excluding hydrogens is 640 g/mol. The summed E-state index contributed by atoms with van der Waals surface area (Å²) in [6, 6.07) is 18.5. The molecule has 0 N–H and O–H groups in total.